The van der Waals surface area contributed by atoms with Crippen molar-refractivity contribution >= 4 is 5.91 Å². The maximum Gasteiger partial charge on any atom is 0.417 e. The first-order valence-corrected chi connectivity index (χ1v) is 7.24. The molecule has 2 aromatic rings. The lowest BCUT2D eigenvalue weighted by Crippen LogP contribution is -2.35. The van der Waals surface area contributed by atoms with Crippen LogP contribution in [0.5, 0.6) is 5.75 Å². The number of hydrogen-bond donors (Lipinski definition) is 1. The number of ether oxygens (including phenoxy) is 1. The topological polar surface area (TPSA) is 38.3 Å². The molecule has 0 unspecified atom stereocenters. The molecule has 0 fully saturated rings. The van der Waals surface area contributed by atoms with Gasteiger partial charge in [0.05, 0.1) is 17.7 Å². The normalized spacial score (nSPS) is 16.4. The van der Waals surface area contributed by atoms with Crippen LogP contribution in [0.4, 0.5) is 17.6 Å². The van der Waals surface area contributed by atoms with Crippen LogP contribution in [0.1, 0.15) is 21.5 Å². The summed E-state index contributed by atoms with van der Waals surface area (Å²) in [5.74, 6) is -1.21. The molecule has 1 amide bonds. The van der Waals surface area contributed by atoms with Crippen LogP contribution < -0.4 is 10.1 Å². The molecule has 1 atom stereocenters. The highest BCUT2D eigenvalue weighted by molar-refractivity contribution is 5.95. The van der Waals surface area contributed by atoms with Crippen molar-refractivity contribution in [3.8, 4) is 5.75 Å². The molecule has 126 valence electrons. The van der Waals surface area contributed by atoms with E-state index in [2.05, 4.69) is 5.32 Å². The van der Waals surface area contributed by atoms with Crippen LogP contribution in [0.25, 0.3) is 0 Å². The second-order valence-electron chi connectivity index (χ2n) is 5.43. The van der Waals surface area contributed by atoms with E-state index in [9.17, 15) is 22.4 Å². The Morgan fingerprint density at radius 2 is 1.92 bits per heavy atom. The molecular weight excluding hydrogens is 326 g/mol. The van der Waals surface area contributed by atoms with Crippen LogP contribution in [0, 0.1) is 5.82 Å². The predicted molar refractivity (Wildman–Crippen MR) is 78.3 cm³/mol. The Bertz CT molecular complexity index is 773. The molecule has 1 heterocycles. The quantitative estimate of drug-likeness (QED) is 0.868. The molecule has 24 heavy (non-hydrogen) atoms. The van der Waals surface area contributed by atoms with Gasteiger partial charge in [-0.1, -0.05) is 24.3 Å². The second kappa shape index (κ2) is 6.14. The Hall–Kier alpha value is -2.57. The third-order valence-corrected chi connectivity index (χ3v) is 3.75. The number of para-hydroxylation sites is 1. The Morgan fingerprint density at radius 3 is 2.62 bits per heavy atom. The monoisotopic (exact) mass is 339 g/mol. The molecule has 2 aromatic carbocycles. The summed E-state index contributed by atoms with van der Waals surface area (Å²) in [6, 6.07) is 9.07. The van der Waals surface area contributed by atoms with Gasteiger partial charge in [-0.15, -0.1) is 0 Å². The summed E-state index contributed by atoms with van der Waals surface area (Å²) in [6.45, 7) is -0.0147. The molecule has 0 spiro atoms. The highest BCUT2D eigenvalue weighted by atomic mass is 19.4. The van der Waals surface area contributed by atoms with Crippen LogP contribution in [0.2, 0.25) is 0 Å². The van der Waals surface area contributed by atoms with Crippen molar-refractivity contribution in [3.05, 3.63) is 65.0 Å². The lowest BCUT2D eigenvalue weighted by molar-refractivity contribution is -0.137. The Morgan fingerprint density at radius 1 is 1.17 bits per heavy atom. The minimum atomic E-state index is -4.61. The van der Waals surface area contributed by atoms with Gasteiger partial charge >= 0.3 is 6.18 Å². The standard InChI is InChI=1S/C17H13F4NO2/c18-14-7-3-4-10-8-11(24-15(10)14)9-22-16(23)12-5-1-2-6-13(12)17(19,20)21/h1-7,11H,8-9H2,(H,22,23)/t11-/m0/s1. The number of alkyl halides is 3. The summed E-state index contributed by atoms with van der Waals surface area (Å²) >= 11 is 0. The highest BCUT2D eigenvalue weighted by Crippen LogP contribution is 2.32. The lowest BCUT2D eigenvalue weighted by atomic mass is 10.1. The lowest BCUT2D eigenvalue weighted by Gasteiger charge is -2.15. The second-order valence-corrected chi connectivity index (χ2v) is 5.43. The smallest absolute Gasteiger partial charge is 0.417 e. The van der Waals surface area contributed by atoms with E-state index < -0.39 is 35.1 Å². The number of amides is 1. The average Bonchev–Trinajstić information content (AvgIpc) is 2.96. The van der Waals surface area contributed by atoms with Gasteiger partial charge in [-0.05, 0) is 18.2 Å². The highest BCUT2D eigenvalue weighted by Gasteiger charge is 2.35. The van der Waals surface area contributed by atoms with Crippen LogP contribution in [0.15, 0.2) is 42.5 Å². The first-order valence-electron chi connectivity index (χ1n) is 7.24. The molecule has 0 aromatic heterocycles. The van der Waals surface area contributed by atoms with Gasteiger partial charge in [0.2, 0.25) is 0 Å². The largest absolute Gasteiger partial charge is 0.485 e. The number of halogens is 4. The molecule has 0 radical (unpaired) electrons. The van der Waals surface area contributed by atoms with Crippen molar-refractivity contribution in [1.29, 1.82) is 0 Å². The molecule has 0 saturated heterocycles. The number of benzene rings is 2. The van der Waals surface area contributed by atoms with Gasteiger partial charge in [-0.3, -0.25) is 4.79 Å². The van der Waals surface area contributed by atoms with E-state index in [1.807, 2.05) is 0 Å². The minimum Gasteiger partial charge on any atom is -0.485 e. The molecule has 1 aliphatic rings. The summed E-state index contributed by atoms with van der Waals surface area (Å²) in [5.41, 5.74) is -0.777. The van der Waals surface area contributed by atoms with Gasteiger partial charge in [0.1, 0.15) is 6.10 Å². The molecule has 7 heteroatoms. The molecule has 1 aliphatic heterocycles. The first-order chi connectivity index (χ1) is 11.4. The van der Waals surface area contributed by atoms with Crippen molar-refractivity contribution in [2.24, 2.45) is 0 Å². The van der Waals surface area contributed by atoms with Crippen LogP contribution in [-0.4, -0.2) is 18.6 Å². The fraction of sp³-hybridized carbons (Fsp3) is 0.235. The van der Waals surface area contributed by atoms with Gasteiger partial charge in [0, 0.05) is 12.0 Å². The van der Waals surface area contributed by atoms with E-state index >= 15 is 0 Å². The van der Waals surface area contributed by atoms with E-state index in [-0.39, 0.29) is 12.3 Å². The number of carbonyl (C=O) groups excluding carboxylic acids is 1. The fourth-order valence-corrected chi connectivity index (χ4v) is 2.64. The molecule has 3 nitrogen and oxygen atoms in total. The van der Waals surface area contributed by atoms with Gasteiger partial charge in [-0.25, -0.2) is 4.39 Å². The SMILES string of the molecule is O=C(NC[C@@H]1Cc2cccc(F)c2O1)c1ccccc1C(F)(F)F. The zero-order chi connectivity index (χ0) is 17.3. The van der Waals surface area contributed by atoms with Gasteiger partial charge < -0.3 is 10.1 Å². The number of carbonyl (C=O) groups is 1. The Kier molecular flexibility index (Phi) is 4.17. The van der Waals surface area contributed by atoms with Gasteiger partial charge in [0.25, 0.3) is 5.91 Å². The molecule has 1 N–H and O–H groups in total. The number of fused-ring (bicyclic) bond motifs is 1. The van der Waals surface area contributed by atoms with Gasteiger partial charge in [0.15, 0.2) is 11.6 Å². The molecule has 3 rings (SSSR count). The molecule has 0 bridgehead atoms. The third kappa shape index (κ3) is 3.20. The number of rotatable bonds is 3. The zero-order valence-electron chi connectivity index (χ0n) is 12.4. The molecule has 0 saturated carbocycles. The van der Waals surface area contributed by atoms with E-state index in [4.69, 9.17) is 4.74 Å². The van der Waals surface area contributed by atoms with E-state index in [1.54, 1.807) is 12.1 Å². The Labute approximate surface area is 135 Å². The van der Waals surface area contributed by atoms with Crippen molar-refractivity contribution < 1.29 is 27.1 Å². The minimum absolute atomic E-state index is 0.0147. The van der Waals surface area contributed by atoms with E-state index in [0.29, 0.717) is 12.0 Å². The predicted octanol–water partition coefficient (Wildman–Crippen LogP) is 3.58. The molecule has 0 aliphatic carbocycles. The Balaban J connectivity index is 1.67. The number of hydrogen-bond acceptors (Lipinski definition) is 2. The first kappa shape index (κ1) is 16.3. The van der Waals surface area contributed by atoms with E-state index in [1.165, 1.54) is 18.2 Å². The van der Waals surface area contributed by atoms with Crippen molar-refractivity contribution in [1.82, 2.24) is 5.32 Å². The summed E-state index contributed by atoms with van der Waals surface area (Å²) in [6.07, 6.45) is -4.75. The number of nitrogens with one attached hydrogen (secondary N) is 1. The maximum absolute atomic E-state index is 13.6. The summed E-state index contributed by atoms with van der Waals surface area (Å²) in [4.78, 5) is 12.1. The maximum atomic E-state index is 13.6. The van der Waals surface area contributed by atoms with Gasteiger partial charge in [-0.2, -0.15) is 13.2 Å². The van der Waals surface area contributed by atoms with Crippen LogP contribution in [-0.2, 0) is 12.6 Å². The summed E-state index contributed by atoms with van der Waals surface area (Å²) < 4.78 is 57.8. The van der Waals surface area contributed by atoms with Crippen molar-refractivity contribution in [2.45, 2.75) is 18.7 Å². The average molecular weight is 339 g/mol. The van der Waals surface area contributed by atoms with Crippen LogP contribution >= 0.6 is 0 Å². The van der Waals surface area contributed by atoms with Crippen LogP contribution in [0.3, 0.4) is 0 Å². The third-order valence-electron chi connectivity index (χ3n) is 3.75. The summed E-state index contributed by atoms with van der Waals surface area (Å²) in [7, 11) is 0. The van der Waals surface area contributed by atoms with Crippen molar-refractivity contribution in [2.75, 3.05) is 6.54 Å². The zero-order valence-corrected chi connectivity index (χ0v) is 12.4. The fourth-order valence-electron chi connectivity index (χ4n) is 2.64. The van der Waals surface area contributed by atoms with E-state index in [0.717, 1.165) is 12.1 Å². The molecular formula is C17H13F4NO2. The van der Waals surface area contributed by atoms with Crippen molar-refractivity contribution in [3.63, 3.8) is 0 Å². The summed E-state index contributed by atoms with van der Waals surface area (Å²) in [5, 5.41) is 2.42.